The fourth-order valence-corrected chi connectivity index (χ4v) is 3.49. The van der Waals surface area contributed by atoms with Crippen LogP contribution in [0.15, 0.2) is 18.3 Å². The fourth-order valence-electron chi connectivity index (χ4n) is 3.49. The summed E-state index contributed by atoms with van der Waals surface area (Å²) in [7, 11) is 2.13. The van der Waals surface area contributed by atoms with Crippen molar-refractivity contribution in [3.05, 3.63) is 23.9 Å². The third-order valence-corrected chi connectivity index (χ3v) is 5.42. The highest BCUT2D eigenvalue weighted by atomic mass is 35.5. The Morgan fingerprint density at radius 2 is 1.85 bits per heavy atom. The number of nitrogens with zero attached hydrogens (tertiary/aromatic N) is 4. The van der Waals surface area contributed by atoms with Gasteiger partial charge in [0.25, 0.3) is 5.91 Å². The standard InChI is InChI=1S/C18H29N5O.2ClH/c1-18(2)13-23(7-5-15(18)19)17(24)14-4-6-20-16(12-14)22-10-8-21(3)9-11-22;;/h4,6,12,15H,5,7-11,13,19H2,1-3H3;2*1H. The van der Waals surface area contributed by atoms with Crippen molar-refractivity contribution in [3.8, 4) is 0 Å². The normalized spacial score (nSPS) is 23.0. The molecule has 26 heavy (non-hydrogen) atoms. The Morgan fingerprint density at radius 1 is 1.19 bits per heavy atom. The lowest BCUT2D eigenvalue weighted by atomic mass is 9.79. The number of carbonyl (C=O) groups excluding carboxylic acids is 1. The third kappa shape index (κ3) is 5.00. The molecule has 0 bridgehead atoms. The molecule has 0 saturated carbocycles. The number of piperidine rings is 1. The second-order valence-electron chi connectivity index (χ2n) is 7.80. The largest absolute Gasteiger partial charge is 0.354 e. The summed E-state index contributed by atoms with van der Waals surface area (Å²) in [6, 6.07) is 3.92. The number of aromatic nitrogens is 1. The number of amides is 1. The monoisotopic (exact) mass is 403 g/mol. The highest BCUT2D eigenvalue weighted by Crippen LogP contribution is 2.29. The maximum atomic E-state index is 12.9. The van der Waals surface area contributed by atoms with Crippen LogP contribution in [0.1, 0.15) is 30.6 Å². The van der Waals surface area contributed by atoms with Gasteiger partial charge in [-0.3, -0.25) is 4.79 Å². The molecule has 1 aromatic rings. The van der Waals surface area contributed by atoms with Gasteiger partial charge in [0.2, 0.25) is 0 Å². The molecule has 3 rings (SSSR count). The molecule has 148 valence electrons. The lowest BCUT2D eigenvalue weighted by Crippen LogP contribution is -2.54. The molecular formula is C18H31Cl2N5O. The maximum absolute atomic E-state index is 12.9. The number of pyridine rings is 1. The first-order valence-corrected chi connectivity index (χ1v) is 8.81. The van der Waals surface area contributed by atoms with Gasteiger partial charge >= 0.3 is 0 Å². The average molecular weight is 404 g/mol. The Labute approximate surface area is 168 Å². The van der Waals surface area contributed by atoms with E-state index < -0.39 is 0 Å². The summed E-state index contributed by atoms with van der Waals surface area (Å²) in [6.07, 6.45) is 2.61. The van der Waals surface area contributed by atoms with E-state index in [1.54, 1.807) is 6.20 Å². The van der Waals surface area contributed by atoms with Crippen molar-refractivity contribution in [3.63, 3.8) is 0 Å². The molecule has 1 unspecified atom stereocenters. The van der Waals surface area contributed by atoms with Gasteiger partial charge in [0.1, 0.15) is 5.82 Å². The summed E-state index contributed by atoms with van der Waals surface area (Å²) in [4.78, 5) is 23.9. The van der Waals surface area contributed by atoms with E-state index in [1.165, 1.54) is 0 Å². The van der Waals surface area contributed by atoms with Gasteiger partial charge < -0.3 is 20.4 Å². The number of hydrogen-bond donors (Lipinski definition) is 1. The van der Waals surface area contributed by atoms with E-state index in [1.807, 2.05) is 17.0 Å². The van der Waals surface area contributed by atoms with Crippen LogP contribution in [0, 0.1) is 5.41 Å². The number of carbonyl (C=O) groups is 1. The van der Waals surface area contributed by atoms with Crippen LogP contribution in [-0.2, 0) is 0 Å². The molecule has 0 radical (unpaired) electrons. The van der Waals surface area contributed by atoms with Crippen LogP contribution in [0.3, 0.4) is 0 Å². The summed E-state index contributed by atoms with van der Waals surface area (Å²) < 4.78 is 0. The molecule has 2 aliphatic heterocycles. The van der Waals surface area contributed by atoms with E-state index >= 15 is 0 Å². The number of likely N-dealkylation sites (N-methyl/N-ethyl adjacent to an activating group) is 1. The summed E-state index contributed by atoms with van der Waals surface area (Å²) in [5.74, 6) is 0.995. The van der Waals surface area contributed by atoms with Crippen LogP contribution in [0.2, 0.25) is 0 Å². The van der Waals surface area contributed by atoms with E-state index in [9.17, 15) is 4.79 Å². The van der Waals surface area contributed by atoms with E-state index in [0.717, 1.165) is 50.5 Å². The van der Waals surface area contributed by atoms with Gasteiger partial charge in [-0.15, -0.1) is 24.8 Å². The molecule has 8 heteroatoms. The first kappa shape index (κ1) is 23.0. The number of likely N-dealkylation sites (tertiary alicyclic amines) is 1. The summed E-state index contributed by atoms with van der Waals surface area (Å²) in [6.45, 7) is 9.67. The molecule has 0 aliphatic carbocycles. The zero-order chi connectivity index (χ0) is 17.3. The fraction of sp³-hybridized carbons (Fsp3) is 0.667. The van der Waals surface area contributed by atoms with E-state index in [0.29, 0.717) is 6.54 Å². The Kier molecular flexibility index (Phi) is 8.14. The molecule has 1 atom stereocenters. The molecule has 2 aliphatic rings. The third-order valence-electron chi connectivity index (χ3n) is 5.42. The first-order valence-electron chi connectivity index (χ1n) is 8.81. The number of nitrogens with two attached hydrogens (primary N) is 1. The number of rotatable bonds is 2. The second-order valence-corrected chi connectivity index (χ2v) is 7.80. The molecule has 0 spiro atoms. The van der Waals surface area contributed by atoms with Crippen molar-refractivity contribution < 1.29 is 4.79 Å². The maximum Gasteiger partial charge on any atom is 0.254 e. The van der Waals surface area contributed by atoms with Gasteiger partial charge in [-0.25, -0.2) is 4.98 Å². The number of hydrogen-bond acceptors (Lipinski definition) is 5. The summed E-state index contributed by atoms with van der Waals surface area (Å²) >= 11 is 0. The van der Waals surface area contributed by atoms with E-state index in [2.05, 4.69) is 35.7 Å². The lowest BCUT2D eigenvalue weighted by Gasteiger charge is -2.42. The predicted molar refractivity (Wildman–Crippen MR) is 111 cm³/mol. The minimum Gasteiger partial charge on any atom is -0.354 e. The lowest BCUT2D eigenvalue weighted by molar-refractivity contribution is 0.0533. The van der Waals surface area contributed by atoms with Crippen molar-refractivity contribution in [2.45, 2.75) is 26.3 Å². The van der Waals surface area contributed by atoms with Gasteiger partial charge in [-0.05, 0) is 31.0 Å². The van der Waals surface area contributed by atoms with Crippen molar-refractivity contribution in [2.24, 2.45) is 11.1 Å². The Hall–Kier alpha value is -1.08. The quantitative estimate of drug-likeness (QED) is 0.816. The van der Waals surface area contributed by atoms with Gasteiger partial charge in [-0.2, -0.15) is 0 Å². The van der Waals surface area contributed by atoms with Gasteiger partial charge in [-0.1, -0.05) is 13.8 Å². The van der Waals surface area contributed by atoms with Crippen molar-refractivity contribution in [1.82, 2.24) is 14.8 Å². The molecule has 3 heterocycles. The Morgan fingerprint density at radius 3 is 2.46 bits per heavy atom. The minimum atomic E-state index is -0.0405. The van der Waals surface area contributed by atoms with Crippen LogP contribution in [0.25, 0.3) is 0 Å². The Bertz CT molecular complexity index is 605. The predicted octanol–water partition coefficient (Wildman–Crippen LogP) is 1.88. The van der Waals surface area contributed by atoms with Crippen LogP contribution in [0.4, 0.5) is 5.82 Å². The van der Waals surface area contributed by atoms with Crippen LogP contribution < -0.4 is 10.6 Å². The zero-order valence-corrected chi connectivity index (χ0v) is 17.5. The summed E-state index contributed by atoms with van der Waals surface area (Å²) in [5, 5.41) is 0. The highest BCUT2D eigenvalue weighted by molar-refractivity contribution is 5.95. The van der Waals surface area contributed by atoms with Crippen molar-refractivity contribution in [2.75, 3.05) is 51.2 Å². The molecule has 0 aromatic carbocycles. The molecule has 1 amide bonds. The van der Waals surface area contributed by atoms with Crippen LogP contribution in [-0.4, -0.2) is 73.0 Å². The smallest absolute Gasteiger partial charge is 0.254 e. The molecule has 2 saturated heterocycles. The molecular weight excluding hydrogens is 373 g/mol. The Balaban J connectivity index is 0.00000169. The van der Waals surface area contributed by atoms with Crippen molar-refractivity contribution >= 4 is 36.5 Å². The van der Waals surface area contributed by atoms with Crippen LogP contribution >= 0.6 is 24.8 Å². The van der Waals surface area contributed by atoms with Crippen molar-refractivity contribution in [1.29, 1.82) is 0 Å². The van der Waals surface area contributed by atoms with E-state index in [-0.39, 0.29) is 42.2 Å². The minimum absolute atomic E-state index is 0. The first-order chi connectivity index (χ1) is 11.4. The second kappa shape index (κ2) is 9.22. The number of halogens is 2. The molecule has 1 aromatic heterocycles. The number of piperazine rings is 1. The molecule has 6 nitrogen and oxygen atoms in total. The topological polar surface area (TPSA) is 65.7 Å². The SMILES string of the molecule is CN1CCN(c2cc(C(=O)N3CCC(N)C(C)(C)C3)ccn2)CC1.Cl.Cl. The van der Waals surface area contributed by atoms with Gasteiger partial charge in [0.15, 0.2) is 0 Å². The molecule has 2 N–H and O–H groups in total. The van der Waals surface area contributed by atoms with Gasteiger partial charge in [0, 0.05) is 57.1 Å². The van der Waals surface area contributed by atoms with Gasteiger partial charge in [0.05, 0.1) is 0 Å². The number of anilines is 1. The average Bonchev–Trinajstić information content (AvgIpc) is 2.57. The molecule has 2 fully saturated rings. The highest BCUT2D eigenvalue weighted by Gasteiger charge is 2.35. The zero-order valence-electron chi connectivity index (χ0n) is 15.9. The summed E-state index contributed by atoms with van der Waals surface area (Å²) in [5.41, 5.74) is 6.87. The van der Waals surface area contributed by atoms with Crippen LogP contribution in [0.5, 0.6) is 0 Å². The van der Waals surface area contributed by atoms with E-state index in [4.69, 9.17) is 5.73 Å².